The molecular weight excluding hydrogens is 404 g/mol. The quantitative estimate of drug-likeness (QED) is 0.667. The minimum Gasteiger partial charge on any atom is -0.493 e. The van der Waals surface area contributed by atoms with E-state index in [9.17, 15) is 14.4 Å². The molecule has 0 bridgehead atoms. The first-order valence-corrected chi connectivity index (χ1v) is 11.6. The van der Waals surface area contributed by atoms with Crippen LogP contribution < -0.4 is 10.1 Å². The highest BCUT2D eigenvalue weighted by atomic mass is 16.5. The van der Waals surface area contributed by atoms with Gasteiger partial charge in [0.15, 0.2) is 0 Å². The smallest absolute Gasteiger partial charge is 0.261 e. The van der Waals surface area contributed by atoms with Crippen molar-refractivity contribution in [1.29, 1.82) is 0 Å². The molecule has 1 aliphatic carbocycles. The maximum atomic E-state index is 13.2. The minimum absolute atomic E-state index is 0.114. The van der Waals surface area contributed by atoms with Crippen LogP contribution in [0, 0.1) is 0 Å². The third kappa shape index (κ3) is 4.69. The normalized spacial score (nSPS) is 17.0. The Morgan fingerprint density at radius 1 is 0.969 bits per heavy atom. The highest BCUT2D eigenvalue weighted by molar-refractivity contribution is 6.21. The number of carbonyl (C=O) groups is 3. The van der Waals surface area contributed by atoms with Gasteiger partial charge in [-0.2, -0.15) is 0 Å². The second-order valence-electron chi connectivity index (χ2n) is 8.52. The lowest BCUT2D eigenvalue weighted by molar-refractivity contribution is 0.0642. The highest BCUT2D eigenvalue weighted by Gasteiger charge is 2.35. The minimum atomic E-state index is -0.306. The largest absolute Gasteiger partial charge is 0.493 e. The lowest BCUT2D eigenvalue weighted by Crippen LogP contribution is -2.35. The fourth-order valence-electron chi connectivity index (χ4n) is 4.56. The van der Waals surface area contributed by atoms with E-state index in [4.69, 9.17) is 4.74 Å². The zero-order valence-electron chi connectivity index (χ0n) is 18.6. The van der Waals surface area contributed by atoms with Gasteiger partial charge in [0.1, 0.15) is 5.75 Å². The van der Waals surface area contributed by atoms with Gasteiger partial charge in [-0.25, -0.2) is 0 Å². The summed E-state index contributed by atoms with van der Waals surface area (Å²) in [5.41, 5.74) is 2.00. The summed E-state index contributed by atoms with van der Waals surface area (Å²) in [6.45, 7) is 2.44. The molecule has 0 spiro atoms. The van der Waals surface area contributed by atoms with Crippen LogP contribution in [0.15, 0.2) is 42.5 Å². The van der Waals surface area contributed by atoms with E-state index in [0.29, 0.717) is 34.6 Å². The van der Waals surface area contributed by atoms with E-state index < -0.39 is 0 Å². The van der Waals surface area contributed by atoms with Gasteiger partial charge < -0.3 is 10.1 Å². The van der Waals surface area contributed by atoms with Crippen molar-refractivity contribution >= 4 is 17.7 Å². The predicted octanol–water partition coefficient (Wildman–Crippen LogP) is 4.72. The van der Waals surface area contributed by atoms with Crippen LogP contribution in [0.3, 0.4) is 0 Å². The number of benzene rings is 2. The maximum absolute atomic E-state index is 13.2. The lowest BCUT2D eigenvalue weighted by atomic mass is 9.96. The topological polar surface area (TPSA) is 75.7 Å². The van der Waals surface area contributed by atoms with Crippen LogP contribution in [-0.4, -0.2) is 35.3 Å². The fraction of sp³-hybridized carbons (Fsp3) is 0.423. The Bertz CT molecular complexity index is 974. The monoisotopic (exact) mass is 434 g/mol. The van der Waals surface area contributed by atoms with E-state index in [1.54, 1.807) is 42.5 Å². The van der Waals surface area contributed by atoms with Gasteiger partial charge in [-0.15, -0.1) is 0 Å². The average molecular weight is 435 g/mol. The summed E-state index contributed by atoms with van der Waals surface area (Å²) in [5, 5.41) is 3.19. The molecule has 2 aromatic carbocycles. The zero-order chi connectivity index (χ0) is 22.5. The van der Waals surface area contributed by atoms with Crippen molar-refractivity contribution in [2.45, 2.75) is 64.5 Å². The number of ether oxygens (including phenoxy) is 1. The number of fused-ring (bicyclic) bond motifs is 1. The number of hydrogen-bond donors (Lipinski definition) is 1. The van der Waals surface area contributed by atoms with Crippen LogP contribution in [0.2, 0.25) is 0 Å². The van der Waals surface area contributed by atoms with Crippen LogP contribution in [-0.2, 0) is 6.54 Å². The summed E-state index contributed by atoms with van der Waals surface area (Å²) < 4.78 is 5.70. The Morgan fingerprint density at radius 2 is 1.59 bits per heavy atom. The van der Waals surface area contributed by atoms with Crippen LogP contribution in [0.25, 0.3) is 0 Å². The summed E-state index contributed by atoms with van der Waals surface area (Å²) >= 11 is 0. The second kappa shape index (κ2) is 9.98. The van der Waals surface area contributed by atoms with Gasteiger partial charge in [-0.05, 0) is 49.6 Å². The van der Waals surface area contributed by atoms with Gasteiger partial charge in [-0.3, -0.25) is 19.3 Å². The van der Waals surface area contributed by atoms with E-state index in [1.807, 2.05) is 6.92 Å². The molecule has 6 nitrogen and oxygen atoms in total. The van der Waals surface area contributed by atoms with Crippen LogP contribution in [0.5, 0.6) is 5.75 Å². The Labute approximate surface area is 188 Å². The zero-order valence-corrected chi connectivity index (χ0v) is 18.6. The highest BCUT2D eigenvalue weighted by Crippen LogP contribution is 2.27. The van der Waals surface area contributed by atoms with E-state index in [-0.39, 0.29) is 30.3 Å². The van der Waals surface area contributed by atoms with Gasteiger partial charge in [-0.1, -0.05) is 50.3 Å². The van der Waals surface area contributed by atoms with E-state index in [2.05, 4.69) is 5.32 Å². The standard InChI is InChI=1S/C26H30N2O4/c1-2-32-23-15-14-18(17-28-25(30)20-12-8-9-13-21(20)26(28)31)16-22(23)24(29)27-19-10-6-4-3-5-7-11-19/h8-9,12-16,19H,2-7,10-11,17H2,1H3,(H,27,29). The van der Waals surface area contributed by atoms with Crippen LogP contribution in [0.4, 0.5) is 0 Å². The molecule has 2 aliphatic rings. The Kier molecular flexibility index (Phi) is 6.88. The predicted molar refractivity (Wildman–Crippen MR) is 122 cm³/mol. The Morgan fingerprint density at radius 3 is 2.22 bits per heavy atom. The lowest BCUT2D eigenvalue weighted by Gasteiger charge is -2.22. The van der Waals surface area contributed by atoms with Gasteiger partial charge in [0.2, 0.25) is 0 Å². The number of imide groups is 1. The Hall–Kier alpha value is -3.15. The summed E-state index contributed by atoms with van der Waals surface area (Å²) in [6.07, 6.45) is 7.94. The van der Waals surface area contributed by atoms with Crippen molar-refractivity contribution in [3.05, 3.63) is 64.7 Å². The molecule has 0 atom stereocenters. The molecule has 1 N–H and O–H groups in total. The number of amides is 3. The molecule has 32 heavy (non-hydrogen) atoms. The average Bonchev–Trinajstić information content (AvgIpc) is 3.01. The first-order valence-electron chi connectivity index (χ1n) is 11.6. The van der Waals surface area contributed by atoms with Gasteiger partial charge in [0.25, 0.3) is 17.7 Å². The van der Waals surface area contributed by atoms with Crippen molar-refractivity contribution in [1.82, 2.24) is 10.2 Å². The van der Waals surface area contributed by atoms with Crippen molar-refractivity contribution in [2.75, 3.05) is 6.61 Å². The first-order chi connectivity index (χ1) is 15.6. The van der Waals surface area contributed by atoms with Crippen LogP contribution >= 0.6 is 0 Å². The number of hydrogen-bond acceptors (Lipinski definition) is 4. The van der Waals surface area contributed by atoms with E-state index >= 15 is 0 Å². The molecule has 6 heteroatoms. The molecule has 1 aliphatic heterocycles. The molecule has 0 radical (unpaired) electrons. The second-order valence-corrected chi connectivity index (χ2v) is 8.52. The number of rotatable bonds is 6. The van der Waals surface area contributed by atoms with Crippen LogP contribution in [0.1, 0.15) is 88.5 Å². The molecule has 0 unspecified atom stereocenters. The number of nitrogens with one attached hydrogen (secondary N) is 1. The number of carbonyl (C=O) groups excluding carboxylic acids is 3. The van der Waals surface area contributed by atoms with Crippen molar-refractivity contribution in [2.24, 2.45) is 0 Å². The SMILES string of the molecule is CCOc1ccc(CN2C(=O)c3ccccc3C2=O)cc1C(=O)NC1CCCCCCC1. The van der Waals surface area contributed by atoms with E-state index in [0.717, 1.165) is 25.7 Å². The summed E-state index contributed by atoms with van der Waals surface area (Å²) in [4.78, 5) is 39.8. The maximum Gasteiger partial charge on any atom is 0.261 e. The van der Waals surface area contributed by atoms with Gasteiger partial charge in [0, 0.05) is 6.04 Å². The fourth-order valence-corrected chi connectivity index (χ4v) is 4.56. The molecule has 1 saturated carbocycles. The molecule has 0 saturated heterocycles. The van der Waals surface area contributed by atoms with E-state index in [1.165, 1.54) is 24.2 Å². The third-order valence-corrected chi connectivity index (χ3v) is 6.25. The van der Waals surface area contributed by atoms with Gasteiger partial charge >= 0.3 is 0 Å². The molecule has 3 amide bonds. The number of nitrogens with zero attached hydrogens (tertiary/aromatic N) is 1. The summed E-state index contributed by atoms with van der Waals surface area (Å²) in [6, 6.07) is 12.3. The molecule has 1 fully saturated rings. The Balaban J connectivity index is 1.53. The third-order valence-electron chi connectivity index (χ3n) is 6.25. The molecule has 2 aromatic rings. The van der Waals surface area contributed by atoms with Crippen molar-refractivity contribution < 1.29 is 19.1 Å². The summed E-state index contributed by atoms with van der Waals surface area (Å²) in [5.74, 6) is -0.259. The molecule has 4 rings (SSSR count). The first kappa shape index (κ1) is 22.1. The molecule has 1 heterocycles. The van der Waals surface area contributed by atoms with Gasteiger partial charge in [0.05, 0.1) is 29.8 Å². The summed E-state index contributed by atoms with van der Waals surface area (Å²) in [7, 11) is 0. The molecular formula is C26H30N2O4. The molecule has 0 aromatic heterocycles. The van der Waals surface area contributed by atoms with Crippen molar-refractivity contribution in [3.8, 4) is 5.75 Å². The van der Waals surface area contributed by atoms with Crippen molar-refractivity contribution in [3.63, 3.8) is 0 Å². The molecule has 168 valence electrons.